The molecule has 124 valence electrons. The average Bonchev–Trinajstić information content (AvgIpc) is 2.55. The Labute approximate surface area is 137 Å². The van der Waals surface area contributed by atoms with Gasteiger partial charge in [0.05, 0.1) is 0 Å². The molecule has 0 fully saturated rings. The van der Waals surface area contributed by atoms with E-state index >= 15 is 0 Å². The number of unbranched alkanes of at least 4 members (excludes halogenated alkanes) is 5. The van der Waals surface area contributed by atoms with Crippen LogP contribution in [0.5, 0.6) is 0 Å². The first kappa shape index (κ1) is 18.9. The lowest BCUT2D eigenvalue weighted by Crippen LogP contribution is -2.05. The summed E-state index contributed by atoms with van der Waals surface area (Å²) in [6.45, 7) is 6.74. The van der Waals surface area contributed by atoms with Crippen molar-refractivity contribution in [2.24, 2.45) is 0 Å². The van der Waals surface area contributed by atoms with Crippen LogP contribution in [0, 0.1) is 0 Å². The number of rotatable bonds is 12. The molecule has 0 atom stereocenters. The zero-order chi connectivity index (χ0) is 16.2. The van der Waals surface area contributed by atoms with Crippen molar-refractivity contribution in [3.63, 3.8) is 0 Å². The van der Waals surface area contributed by atoms with Crippen molar-refractivity contribution in [3.05, 3.63) is 34.4 Å². The first-order valence-electron chi connectivity index (χ1n) is 9.37. The van der Waals surface area contributed by atoms with E-state index in [4.69, 9.17) is 0 Å². The maximum absolute atomic E-state index is 11.5. The quantitative estimate of drug-likeness (QED) is 0.327. The largest absolute Gasteiger partial charge is 0.298 e. The highest BCUT2D eigenvalue weighted by atomic mass is 16.1. The number of carbonyl (C=O) groups is 1. The van der Waals surface area contributed by atoms with Crippen molar-refractivity contribution in [2.45, 2.75) is 91.4 Å². The van der Waals surface area contributed by atoms with Crippen molar-refractivity contribution in [1.82, 2.24) is 0 Å². The van der Waals surface area contributed by atoms with Gasteiger partial charge in [-0.2, -0.15) is 0 Å². The number of hydrogen-bond donors (Lipinski definition) is 0. The summed E-state index contributed by atoms with van der Waals surface area (Å²) in [4.78, 5) is 11.5. The van der Waals surface area contributed by atoms with Crippen LogP contribution in [0.25, 0.3) is 0 Å². The summed E-state index contributed by atoms with van der Waals surface area (Å²) < 4.78 is 0. The second-order valence-electron chi connectivity index (χ2n) is 6.41. The van der Waals surface area contributed by atoms with Crippen LogP contribution in [0.1, 0.15) is 99.2 Å². The van der Waals surface area contributed by atoms with E-state index in [1.807, 2.05) is 0 Å². The zero-order valence-corrected chi connectivity index (χ0v) is 14.9. The van der Waals surface area contributed by atoms with Crippen LogP contribution in [0.2, 0.25) is 0 Å². The van der Waals surface area contributed by atoms with Gasteiger partial charge in [-0.3, -0.25) is 4.79 Å². The lowest BCUT2D eigenvalue weighted by molar-refractivity contribution is 0.112. The molecule has 1 aromatic carbocycles. The molecule has 0 amide bonds. The van der Waals surface area contributed by atoms with E-state index in [1.165, 1.54) is 68.1 Å². The standard InChI is InChI=1S/C21H34O/c1-4-7-10-11-14-21-19(17-22)16-15-18(12-8-5-2)20(21)13-9-6-3/h15-17H,4-14H2,1-3H3. The highest BCUT2D eigenvalue weighted by molar-refractivity contribution is 5.78. The number of carbonyl (C=O) groups excluding carboxylic acids is 1. The first-order chi connectivity index (χ1) is 10.8. The van der Waals surface area contributed by atoms with Gasteiger partial charge in [0.25, 0.3) is 0 Å². The summed E-state index contributed by atoms with van der Waals surface area (Å²) in [5, 5.41) is 0. The fourth-order valence-corrected chi connectivity index (χ4v) is 3.16. The minimum absolute atomic E-state index is 0.933. The number of benzene rings is 1. The predicted molar refractivity (Wildman–Crippen MR) is 96.9 cm³/mol. The van der Waals surface area contributed by atoms with Gasteiger partial charge >= 0.3 is 0 Å². The topological polar surface area (TPSA) is 17.1 Å². The maximum Gasteiger partial charge on any atom is 0.150 e. The molecule has 0 saturated heterocycles. The fraction of sp³-hybridized carbons (Fsp3) is 0.667. The van der Waals surface area contributed by atoms with E-state index in [0.717, 1.165) is 31.1 Å². The van der Waals surface area contributed by atoms with Crippen LogP contribution in [0.15, 0.2) is 12.1 Å². The first-order valence-corrected chi connectivity index (χ1v) is 9.37. The Bertz CT molecular complexity index is 434. The van der Waals surface area contributed by atoms with Gasteiger partial charge < -0.3 is 0 Å². The molecule has 0 unspecified atom stereocenters. The molecule has 0 spiro atoms. The molecule has 0 radical (unpaired) electrons. The molecule has 0 saturated carbocycles. The summed E-state index contributed by atoms with van der Waals surface area (Å²) in [5.74, 6) is 0. The molecule has 0 N–H and O–H groups in total. The molecular formula is C21H34O. The molecule has 0 bridgehead atoms. The van der Waals surface area contributed by atoms with Gasteiger partial charge in [-0.15, -0.1) is 0 Å². The molecule has 1 heteroatoms. The molecule has 1 aromatic rings. The van der Waals surface area contributed by atoms with Gasteiger partial charge in [0.2, 0.25) is 0 Å². The van der Waals surface area contributed by atoms with E-state index < -0.39 is 0 Å². The van der Waals surface area contributed by atoms with Crippen molar-refractivity contribution in [2.75, 3.05) is 0 Å². The van der Waals surface area contributed by atoms with Crippen LogP contribution in [-0.2, 0) is 19.3 Å². The molecule has 22 heavy (non-hydrogen) atoms. The average molecular weight is 303 g/mol. The summed E-state index contributed by atoms with van der Waals surface area (Å²) in [6.07, 6.45) is 14.4. The van der Waals surface area contributed by atoms with E-state index in [2.05, 4.69) is 32.9 Å². The zero-order valence-electron chi connectivity index (χ0n) is 14.9. The van der Waals surface area contributed by atoms with E-state index in [-0.39, 0.29) is 0 Å². The van der Waals surface area contributed by atoms with E-state index in [1.54, 1.807) is 0 Å². The Morgan fingerprint density at radius 2 is 1.36 bits per heavy atom. The second kappa shape index (κ2) is 11.5. The van der Waals surface area contributed by atoms with Crippen molar-refractivity contribution < 1.29 is 4.79 Å². The SMILES string of the molecule is CCCCCCc1c(C=O)ccc(CCCC)c1CCCC. The molecule has 0 heterocycles. The Morgan fingerprint density at radius 3 is 2.00 bits per heavy atom. The number of hydrogen-bond acceptors (Lipinski definition) is 1. The minimum Gasteiger partial charge on any atom is -0.298 e. The summed E-state index contributed by atoms with van der Waals surface area (Å²) in [6, 6.07) is 4.27. The van der Waals surface area contributed by atoms with E-state index in [9.17, 15) is 4.79 Å². The lowest BCUT2D eigenvalue weighted by atomic mass is 9.88. The van der Waals surface area contributed by atoms with Crippen LogP contribution in [-0.4, -0.2) is 6.29 Å². The monoisotopic (exact) mass is 302 g/mol. The third kappa shape index (κ3) is 5.94. The number of aryl methyl sites for hydroxylation is 1. The fourth-order valence-electron chi connectivity index (χ4n) is 3.16. The Balaban J connectivity index is 3.00. The number of aldehydes is 1. The Hall–Kier alpha value is -1.11. The summed E-state index contributed by atoms with van der Waals surface area (Å²) >= 11 is 0. The molecule has 1 nitrogen and oxygen atoms in total. The van der Waals surface area contributed by atoms with Gasteiger partial charge in [0, 0.05) is 5.56 Å². The van der Waals surface area contributed by atoms with Gasteiger partial charge in [-0.05, 0) is 55.2 Å². The van der Waals surface area contributed by atoms with Crippen LogP contribution < -0.4 is 0 Å². The second-order valence-corrected chi connectivity index (χ2v) is 6.41. The van der Waals surface area contributed by atoms with Crippen molar-refractivity contribution in [3.8, 4) is 0 Å². The molecule has 1 rings (SSSR count). The summed E-state index contributed by atoms with van der Waals surface area (Å²) in [7, 11) is 0. The smallest absolute Gasteiger partial charge is 0.150 e. The van der Waals surface area contributed by atoms with Gasteiger partial charge in [-0.25, -0.2) is 0 Å². The van der Waals surface area contributed by atoms with Crippen LogP contribution in [0.3, 0.4) is 0 Å². The van der Waals surface area contributed by atoms with Crippen molar-refractivity contribution >= 4 is 6.29 Å². The maximum atomic E-state index is 11.5. The third-order valence-electron chi connectivity index (χ3n) is 4.55. The Morgan fingerprint density at radius 1 is 0.727 bits per heavy atom. The van der Waals surface area contributed by atoms with Crippen molar-refractivity contribution in [1.29, 1.82) is 0 Å². The normalized spacial score (nSPS) is 10.9. The lowest BCUT2D eigenvalue weighted by Gasteiger charge is -2.17. The highest BCUT2D eigenvalue weighted by Gasteiger charge is 2.12. The molecular weight excluding hydrogens is 268 g/mol. The van der Waals surface area contributed by atoms with Gasteiger partial charge in [-0.1, -0.05) is 65.0 Å². The van der Waals surface area contributed by atoms with E-state index in [0.29, 0.717) is 0 Å². The van der Waals surface area contributed by atoms with Crippen LogP contribution in [0.4, 0.5) is 0 Å². The van der Waals surface area contributed by atoms with Crippen LogP contribution >= 0.6 is 0 Å². The van der Waals surface area contributed by atoms with Gasteiger partial charge in [0.15, 0.2) is 0 Å². The predicted octanol–water partition coefficient (Wildman–Crippen LogP) is 6.31. The summed E-state index contributed by atoms with van der Waals surface area (Å²) in [5.41, 5.74) is 5.28. The molecule has 0 aliphatic carbocycles. The third-order valence-corrected chi connectivity index (χ3v) is 4.55. The molecule has 0 aliphatic rings. The Kier molecular flexibility index (Phi) is 9.86. The highest BCUT2D eigenvalue weighted by Crippen LogP contribution is 2.25. The molecule has 0 aromatic heterocycles. The van der Waals surface area contributed by atoms with Gasteiger partial charge in [0.1, 0.15) is 6.29 Å². The minimum atomic E-state index is 0.933. The molecule has 0 aliphatic heterocycles.